The van der Waals surface area contributed by atoms with Crippen LogP contribution >= 0.6 is 12.2 Å². The van der Waals surface area contributed by atoms with Gasteiger partial charge in [0.2, 0.25) is 0 Å². The predicted octanol–water partition coefficient (Wildman–Crippen LogP) is 5.39. The van der Waals surface area contributed by atoms with E-state index in [0.717, 1.165) is 12.8 Å². The van der Waals surface area contributed by atoms with E-state index in [9.17, 15) is 0 Å². The number of nitrogens with zero attached hydrogens (tertiary/aromatic N) is 1. The molecule has 0 bridgehead atoms. The van der Waals surface area contributed by atoms with E-state index in [-0.39, 0.29) is 0 Å². The van der Waals surface area contributed by atoms with Gasteiger partial charge in [-0.1, -0.05) is 76.7 Å². The molecule has 0 amide bonds. The SMILES string of the molecule is C=CC(CCCCC)N([C]=S)C(C=C)CCCCC. The van der Waals surface area contributed by atoms with E-state index in [1.165, 1.54) is 38.5 Å². The van der Waals surface area contributed by atoms with Crippen LogP contribution in [0.15, 0.2) is 25.3 Å². The van der Waals surface area contributed by atoms with Crippen molar-refractivity contribution in [3.05, 3.63) is 25.3 Å². The van der Waals surface area contributed by atoms with Crippen molar-refractivity contribution in [2.45, 2.75) is 77.3 Å². The second kappa shape index (κ2) is 12.4. The summed E-state index contributed by atoms with van der Waals surface area (Å²) in [6.45, 7) is 12.4. The van der Waals surface area contributed by atoms with Gasteiger partial charge in [0, 0.05) is 12.1 Å². The highest BCUT2D eigenvalue weighted by Crippen LogP contribution is 2.18. The molecule has 1 radical (unpaired) electrons. The zero-order valence-electron chi connectivity index (χ0n) is 12.7. The fourth-order valence-corrected chi connectivity index (χ4v) is 2.60. The highest BCUT2D eigenvalue weighted by molar-refractivity contribution is 7.78. The van der Waals surface area contributed by atoms with Gasteiger partial charge in [0.1, 0.15) is 5.49 Å². The van der Waals surface area contributed by atoms with Crippen LogP contribution in [0.5, 0.6) is 0 Å². The molecule has 0 aliphatic carbocycles. The van der Waals surface area contributed by atoms with Gasteiger partial charge in [-0.25, -0.2) is 0 Å². The first-order chi connectivity index (χ1) is 9.24. The number of hydrogen-bond donors (Lipinski definition) is 0. The molecule has 0 aromatic heterocycles. The fraction of sp³-hybridized carbons (Fsp3) is 0.706. The van der Waals surface area contributed by atoms with E-state index in [2.05, 4.69) is 37.4 Å². The third-order valence-corrected chi connectivity index (χ3v) is 3.78. The summed E-state index contributed by atoms with van der Waals surface area (Å²) in [6, 6.07) is 0.599. The smallest absolute Gasteiger partial charge is 0.137 e. The summed E-state index contributed by atoms with van der Waals surface area (Å²) in [6.07, 6.45) is 13.7. The summed E-state index contributed by atoms with van der Waals surface area (Å²) >= 11 is 5.10. The van der Waals surface area contributed by atoms with E-state index >= 15 is 0 Å². The summed E-state index contributed by atoms with van der Waals surface area (Å²) in [5, 5.41) is 0. The van der Waals surface area contributed by atoms with Crippen LogP contribution in [0.3, 0.4) is 0 Å². The van der Waals surface area contributed by atoms with E-state index < -0.39 is 0 Å². The lowest BCUT2D eigenvalue weighted by molar-refractivity contribution is 0.287. The minimum atomic E-state index is 0.300. The molecule has 0 heterocycles. The Morgan fingerprint density at radius 2 is 1.37 bits per heavy atom. The summed E-state index contributed by atoms with van der Waals surface area (Å²) in [4.78, 5) is 2.14. The minimum Gasteiger partial charge on any atom is -0.348 e. The molecule has 0 saturated heterocycles. The van der Waals surface area contributed by atoms with E-state index in [0.29, 0.717) is 12.1 Å². The van der Waals surface area contributed by atoms with Crippen LogP contribution in [0.25, 0.3) is 0 Å². The number of unbranched alkanes of at least 4 members (excludes halogenated alkanes) is 4. The summed E-state index contributed by atoms with van der Waals surface area (Å²) < 4.78 is 0. The molecule has 2 atom stereocenters. The summed E-state index contributed by atoms with van der Waals surface area (Å²) in [7, 11) is 0. The molecule has 0 aromatic carbocycles. The lowest BCUT2D eigenvalue weighted by atomic mass is 10.0. The number of hydrogen-bond acceptors (Lipinski definition) is 1. The molecule has 109 valence electrons. The maximum Gasteiger partial charge on any atom is 0.137 e. The van der Waals surface area contributed by atoms with Gasteiger partial charge >= 0.3 is 0 Å². The largest absolute Gasteiger partial charge is 0.348 e. The molecule has 0 spiro atoms. The van der Waals surface area contributed by atoms with Crippen molar-refractivity contribution in [1.29, 1.82) is 0 Å². The molecule has 0 fully saturated rings. The van der Waals surface area contributed by atoms with Crippen molar-refractivity contribution in [2.24, 2.45) is 0 Å². The molecule has 2 unspecified atom stereocenters. The van der Waals surface area contributed by atoms with Crippen LogP contribution in [0.1, 0.15) is 65.2 Å². The normalized spacial score (nSPS) is 13.6. The highest BCUT2D eigenvalue weighted by atomic mass is 32.1. The number of thiocarbonyl (C=S) groups is 1. The lowest BCUT2D eigenvalue weighted by Gasteiger charge is -2.33. The Balaban J connectivity index is 4.47. The van der Waals surface area contributed by atoms with Crippen LogP contribution in [0.2, 0.25) is 0 Å². The molecule has 0 aromatic rings. The zero-order chi connectivity index (χ0) is 14.5. The predicted molar refractivity (Wildman–Crippen MR) is 90.7 cm³/mol. The van der Waals surface area contributed by atoms with Crippen LogP contribution in [0.4, 0.5) is 0 Å². The molecule has 0 saturated carbocycles. The van der Waals surface area contributed by atoms with Gasteiger partial charge in [-0.2, -0.15) is 0 Å². The Hall–Kier alpha value is -0.630. The second-order valence-electron chi connectivity index (χ2n) is 5.10. The van der Waals surface area contributed by atoms with Crippen LogP contribution < -0.4 is 0 Å². The second-order valence-corrected chi connectivity index (χ2v) is 5.28. The molecule has 1 nitrogen and oxygen atoms in total. The maximum atomic E-state index is 5.10. The molecule has 19 heavy (non-hydrogen) atoms. The zero-order valence-corrected chi connectivity index (χ0v) is 13.6. The van der Waals surface area contributed by atoms with Gasteiger partial charge in [-0.15, -0.1) is 13.2 Å². The van der Waals surface area contributed by atoms with E-state index in [4.69, 9.17) is 12.2 Å². The van der Waals surface area contributed by atoms with Crippen LogP contribution in [0, 0.1) is 0 Å². The molecule has 0 aliphatic heterocycles. The monoisotopic (exact) mass is 280 g/mol. The average molecular weight is 281 g/mol. The molecule has 2 heteroatoms. The minimum absolute atomic E-state index is 0.300. The van der Waals surface area contributed by atoms with Crippen molar-refractivity contribution in [1.82, 2.24) is 4.90 Å². The third kappa shape index (κ3) is 7.51. The van der Waals surface area contributed by atoms with Crippen molar-refractivity contribution < 1.29 is 0 Å². The molecular weight excluding hydrogens is 250 g/mol. The lowest BCUT2D eigenvalue weighted by Crippen LogP contribution is -2.39. The molecule has 0 rings (SSSR count). The quantitative estimate of drug-likeness (QED) is 0.192. The fourth-order valence-electron chi connectivity index (χ4n) is 2.33. The van der Waals surface area contributed by atoms with Gasteiger partial charge in [0.05, 0.1) is 0 Å². The van der Waals surface area contributed by atoms with Gasteiger partial charge in [0.15, 0.2) is 0 Å². The van der Waals surface area contributed by atoms with Crippen molar-refractivity contribution >= 4 is 17.7 Å². The topological polar surface area (TPSA) is 3.24 Å². The Morgan fingerprint density at radius 3 is 1.63 bits per heavy atom. The first-order valence-electron chi connectivity index (χ1n) is 7.66. The molecule has 0 N–H and O–H groups in total. The van der Waals surface area contributed by atoms with Gasteiger partial charge in [-0.05, 0) is 12.8 Å². The highest BCUT2D eigenvalue weighted by Gasteiger charge is 2.19. The molecular formula is C17H30NS. The Kier molecular flexibility index (Phi) is 12.0. The van der Waals surface area contributed by atoms with E-state index in [1.54, 1.807) is 0 Å². The first-order valence-corrected chi connectivity index (χ1v) is 8.07. The Bertz CT molecular complexity index is 228. The maximum absolute atomic E-state index is 5.10. The standard InChI is InChI=1S/C17H30NS/c1-5-9-11-13-16(7-3)18(15-19)17(8-4)14-12-10-6-2/h7-8,16-17H,3-6,9-14H2,1-2H3. The summed E-state index contributed by atoms with van der Waals surface area (Å²) in [5.74, 6) is 0. The van der Waals surface area contributed by atoms with Gasteiger partial charge in [-0.3, -0.25) is 0 Å². The Labute approximate surface area is 125 Å². The summed E-state index contributed by atoms with van der Waals surface area (Å²) in [5.41, 5.74) is 2.93. The van der Waals surface area contributed by atoms with Crippen molar-refractivity contribution in [3.8, 4) is 0 Å². The third-order valence-electron chi connectivity index (χ3n) is 3.57. The Morgan fingerprint density at radius 1 is 0.947 bits per heavy atom. The van der Waals surface area contributed by atoms with Gasteiger partial charge < -0.3 is 4.90 Å². The number of rotatable bonds is 13. The van der Waals surface area contributed by atoms with Crippen LogP contribution in [-0.4, -0.2) is 22.5 Å². The van der Waals surface area contributed by atoms with Gasteiger partial charge in [0.25, 0.3) is 0 Å². The van der Waals surface area contributed by atoms with E-state index in [1.807, 2.05) is 12.2 Å². The molecule has 0 aliphatic rings. The van der Waals surface area contributed by atoms with Crippen molar-refractivity contribution in [2.75, 3.05) is 0 Å². The first kappa shape index (κ1) is 18.4. The van der Waals surface area contributed by atoms with Crippen LogP contribution in [-0.2, 0) is 0 Å². The average Bonchev–Trinajstić information content (AvgIpc) is 2.44. The van der Waals surface area contributed by atoms with Crippen molar-refractivity contribution in [3.63, 3.8) is 0 Å².